The van der Waals surface area contributed by atoms with E-state index in [1.807, 2.05) is 13.0 Å². The first kappa shape index (κ1) is 11.5. The van der Waals surface area contributed by atoms with E-state index in [0.29, 0.717) is 12.2 Å². The fourth-order valence-electron chi connectivity index (χ4n) is 1.06. The summed E-state index contributed by atoms with van der Waals surface area (Å²) in [6.45, 7) is 2.33. The van der Waals surface area contributed by atoms with Crippen molar-refractivity contribution in [3.8, 4) is 6.07 Å². The SMILES string of the molecule is C/C(=C/Cl)CNc1cccc(F)c1C#N. The quantitative estimate of drug-likeness (QED) is 0.856. The van der Waals surface area contributed by atoms with Crippen LogP contribution in [0.2, 0.25) is 0 Å². The van der Waals surface area contributed by atoms with Crippen molar-refractivity contribution in [3.05, 3.63) is 40.7 Å². The number of hydrogen-bond acceptors (Lipinski definition) is 2. The molecule has 0 heterocycles. The van der Waals surface area contributed by atoms with E-state index in [9.17, 15) is 4.39 Å². The normalized spacial score (nSPS) is 10.9. The molecular formula is C11H10ClFN2. The highest BCUT2D eigenvalue weighted by Gasteiger charge is 2.06. The maximum Gasteiger partial charge on any atom is 0.143 e. The molecule has 0 saturated carbocycles. The Kier molecular flexibility index (Phi) is 4.14. The van der Waals surface area contributed by atoms with Crippen molar-refractivity contribution in [2.75, 3.05) is 11.9 Å². The third kappa shape index (κ3) is 2.97. The van der Waals surface area contributed by atoms with Gasteiger partial charge in [0.2, 0.25) is 0 Å². The van der Waals surface area contributed by atoms with Crippen LogP contribution in [0.3, 0.4) is 0 Å². The highest BCUT2D eigenvalue weighted by atomic mass is 35.5. The van der Waals surface area contributed by atoms with Crippen molar-refractivity contribution in [2.45, 2.75) is 6.92 Å². The van der Waals surface area contributed by atoms with E-state index in [4.69, 9.17) is 16.9 Å². The minimum Gasteiger partial charge on any atom is -0.380 e. The predicted octanol–water partition coefficient (Wildman–Crippen LogP) is 3.25. The van der Waals surface area contributed by atoms with Gasteiger partial charge in [0.05, 0.1) is 5.69 Å². The largest absolute Gasteiger partial charge is 0.380 e. The monoisotopic (exact) mass is 224 g/mol. The molecule has 1 aromatic rings. The Morgan fingerprint density at radius 2 is 2.40 bits per heavy atom. The van der Waals surface area contributed by atoms with Crippen LogP contribution in [0.25, 0.3) is 0 Å². The molecule has 1 aromatic carbocycles. The van der Waals surface area contributed by atoms with Gasteiger partial charge in [-0.15, -0.1) is 0 Å². The molecule has 0 aliphatic carbocycles. The number of nitrogens with one attached hydrogen (secondary N) is 1. The Hall–Kier alpha value is -1.53. The van der Waals surface area contributed by atoms with E-state index >= 15 is 0 Å². The van der Waals surface area contributed by atoms with Crippen LogP contribution in [0.4, 0.5) is 10.1 Å². The van der Waals surface area contributed by atoms with Crippen LogP contribution >= 0.6 is 11.6 Å². The second kappa shape index (κ2) is 5.38. The molecule has 78 valence electrons. The molecule has 1 rings (SSSR count). The second-order valence-electron chi connectivity index (χ2n) is 3.08. The van der Waals surface area contributed by atoms with Crippen LogP contribution in [0.15, 0.2) is 29.3 Å². The molecule has 0 spiro atoms. The van der Waals surface area contributed by atoms with Crippen LogP contribution in [0.5, 0.6) is 0 Å². The number of anilines is 1. The third-order valence-electron chi connectivity index (χ3n) is 1.87. The molecule has 2 nitrogen and oxygen atoms in total. The second-order valence-corrected chi connectivity index (χ2v) is 3.30. The molecule has 4 heteroatoms. The van der Waals surface area contributed by atoms with Gasteiger partial charge < -0.3 is 5.32 Å². The highest BCUT2D eigenvalue weighted by Crippen LogP contribution is 2.17. The van der Waals surface area contributed by atoms with Crippen molar-refractivity contribution >= 4 is 17.3 Å². The molecule has 0 aromatic heterocycles. The van der Waals surface area contributed by atoms with E-state index in [1.165, 1.54) is 11.6 Å². The van der Waals surface area contributed by atoms with Gasteiger partial charge in [0.1, 0.15) is 17.4 Å². The summed E-state index contributed by atoms with van der Waals surface area (Å²) in [5, 5.41) is 11.7. The summed E-state index contributed by atoms with van der Waals surface area (Å²) < 4.78 is 13.2. The molecule has 0 aliphatic rings. The van der Waals surface area contributed by atoms with Gasteiger partial charge in [0.25, 0.3) is 0 Å². The Balaban J connectivity index is 2.87. The molecule has 0 fully saturated rings. The smallest absolute Gasteiger partial charge is 0.143 e. The molecule has 0 bridgehead atoms. The van der Waals surface area contributed by atoms with Crippen molar-refractivity contribution in [2.24, 2.45) is 0 Å². The molecule has 0 saturated heterocycles. The number of benzene rings is 1. The Morgan fingerprint density at radius 3 is 3.00 bits per heavy atom. The number of nitriles is 1. The number of halogens is 2. The summed E-state index contributed by atoms with van der Waals surface area (Å²) in [4.78, 5) is 0. The number of nitrogens with zero attached hydrogens (tertiary/aromatic N) is 1. The first-order chi connectivity index (χ1) is 7.19. The summed E-state index contributed by atoms with van der Waals surface area (Å²) in [6, 6.07) is 6.28. The maximum atomic E-state index is 13.2. The minimum atomic E-state index is -0.519. The first-order valence-corrected chi connectivity index (χ1v) is 4.81. The van der Waals surface area contributed by atoms with Crippen molar-refractivity contribution in [1.82, 2.24) is 0 Å². The molecule has 15 heavy (non-hydrogen) atoms. The van der Waals surface area contributed by atoms with Gasteiger partial charge in [-0.25, -0.2) is 4.39 Å². The molecule has 0 atom stereocenters. The van der Waals surface area contributed by atoms with E-state index < -0.39 is 5.82 Å². The van der Waals surface area contributed by atoms with E-state index in [1.54, 1.807) is 12.1 Å². The van der Waals surface area contributed by atoms with E-state index in [2.05, 4.69) is 5.32 Å². The Labute approximate surface area is 93.0 Å². The fourth-order valence-corrected chi connectivity index (χ4v) is 1.14. The van der Waals surface area contributed by atoms with Gasteiger partial charge in [-0.1, -0.05) is 17.7 Å². The maximum absolute atomic E-state index is 13.2. The molecule has 0 aliphatic heterocycles. The molecule has 0 amide bonds. The summed E-state index contributed by atoms with van der Waals surface area (Å²) in [5.74, 6) is -0.519. The Morgan fingerprint density at radius 1 is 1.67 bits per heavy atom. The van der Waals surface area contributed by atoms with Gasteiger partial charge in [-0.3, -0.25) is 0 Å². The number of rotatable bonds is 3. The zero-order chi connectivity index (χ0) is 11.3. The zero-order valence-electron chi connectivity index (χ0n) is 8.22. The van der Waals surface area contributed by atoms with Gasteiger partial charge in [0.15, 0.2) is 0 Å². The summed E-state index contributed by atoms with van der Waals surface area (Å²) >= 11 is 5.48. The predicted molar refractivity (Wildman–Crippen MR) is 59.2 cm³/mol. The minimum absolute atomic E-state index is 0.0277. The van der Waals surface area contributed by atoms with Gasteiger partial charge in [0, 0.05) is 12.1 Å². The van der Waals surface area contributed by atoms with Crippen LogP contribution < -0.4 is 5.32 Å². The topological polar surface area (TPSA) is 35.8 Å². The van der Waals surface area contributed by atoms with Gasteiger partial charge in [-0.05, 0) is 24.6 Å². The highest BCUT2D eigenvalue weighted by molar-refractivity contribution is 6.25. The number of hydrogen-bond donors (Lipinski definition) is 1. The first-order valence-electron chi connectivity index (χ1n) is 4.37. The fraction of sp³-hybridized carbons (Fsp3) is 0.182. The van der Waals surface area contributed by atoms with Crippen LogP contribution in [-0.2, 0) is 0 Å². The third-order valence-corrected chi connectivity index (χ3v) is 2.24. The van der Waals surface area contributed by atoms with Gasteiger partial charge >= 0.3 is 0 Å². The standard InChI is InChI=1S/C11H10ClFN2/c1-8(5-12)7-15-11-4-2-3-10(13)9(11)6-14/h2-5,15H,7H2,1H3/b8-5-. The van der Waals surface area contributed by atoms with Crippen molar-refractivity contribution in [1.29, 1.82) is 5.26 Å². The summed E-state index contributed by atoms with van der Waals surface area (Å²) in [6.07, 6.45) is 0. The van der Waals surface area contributed by atoms with Crippen LogP contribution in [-0.4, -0.2) is 6.54 Å². The van der Waals surface area contributed by atoms with E-state index in [-0.39, 0.29) is 5.56 Å². The lowest BCUT2D eigenvalue weighted by Gasteiger charge is -2.08. The molecule has 0 unspecified atom stereocenters. The molecular weight excluding hydrogens is 215 g/mol. The summed E-state index contributed by atoms with van der Waals surface area (Å²) in [5.41, 5.74) is 2.86. The lowest BCUT2D eigenvalue weighted by atomic mass is 10.2. The van der Waals surface area contributed by atoms with Crippen LogP contribution in [0, 0.1) is 17.1 Å². The lowest BCUT2D eigenvalue weighted by molar-refractivity contribution is 0.624. The van der Waals surface area contributed by atoms with Crippen molar-refractivity contribution in [3.63, 3.8) is 0 Å². The van der Waals surface area contributed by atoms with Crippen LogP contribution in [0.1, 0.15) is 12.5 Å². The molecule has 1 N–H and O–H groups in total. The van der Waals surface area contributed by atoms with E-state index in [0.717, 1.165) is 5.57 Å². The average Bonchev–Trinajstić information content (AvgIpc) is 2.25. The summed E-state index contributed by atoms with van der Waals surface area (Å²) in [7, 11) is 0. The lowest BCUT2D eigenvalue weighted by Crippen LogP contribution is -2.04. The van der Waals surface area contributed by atoms with Gasteiger partial charge in [-0.2, -0.15) is 5.26 Å². The average molecular weight is 225 g/mol. The zero-order valence-corrected chi connectivity index (χ0v) is 8.98. The van der Waals surface area contributed by atoms with Crippen molar-refractivity contribution < 1.29 is 4.39 Å². The molecule has 0 radical (unpaired) electrons. The Bertz CT molecular complexity index is 421.